The van der Waals surface area contributed by atoms with E-state index in [-0.39, 0.29) is 5.91 Å². The predicted octanol–water partition coefficient (Wildman–Crippen LogP) is 1.69. The maximum Gasteiger partial charge on any atom is 0.290 e. The van der Waals surface area contributed by atoms with Crippen LogP contribution in [0.3, 0.4) is 0 Å². The molecule has 1 amide bonds. The first kappa shape index (κ1) is 16.6. The van der Waals surface area contributed by atoms with Gasteiger partial charge in [-0.1, -0.05) is 12.1 Å². The largest absolute Gasteiger partial charge is 0.378 e. The minimum Gasteiger partial charge on any atom is -0.378 e. The third-order valence-corrected chi connectivity index (χ3v) is 4.74. The third-order valence-electron chi connectivity index (χ3n) is 3.84. The molecule has 0 aliphatic carbocycles. The van der Waals surface area contributed by atoms with E-state index in [9.17, 15) is 4.79 Å². The first-order chi connectivity index (χ1) is 12.8. The van der Waals surface area contributed by atoms with Gasteiger partial charge in [0.1, 0.15) is 11.4 Å². The molecule has 9 heteroatoms. The van der Waals surface area contributed by atoms with Crippen molar-refractivity contribution in [1.82, 2.24) is 20.4 Å². The van der Waals surface area contributed by atoms with Crippen LogP contribution in [-0.2, 0) is 4.74 Å². The van der Waals surface area contributed by atoms with Gasteiger partial charge in [0.2, 0.25) is 0 Å². The van der Waals surface area contributed by atoms with E-state index in [0.29, 0.717) is 24.6 Å². The Morgan fingerprint density at radius 3 is 2.88 bits per heavy atom. The van der Waals surface area contributed by atoms with Gasteiger partial charge in [0.05, 0.1) is 36.7 Å². The van der Waals surface area contributed by atoms with E-state index in [0.717, 1.165) is 29.3 Å². The summed E-state index contributed by atoms with van der Waals surface area (Å²) in [7, 11) is 0. The van der Waals surface area contributed by atoms with Crippen molar-refractivity contribution >= 4 is 39.6 Å². The molecular weight excluding hydrogens is 352 g/mol. The number of para-hydroxylation sites is 2. The van der Waals surface area contributed by atoms with Crippen molar-refractivity contribution < 1.29 is 9.53 Å². The second-order valence-electron chi connectivity index (χ2n) is 5.60. The molecule has 0 saturated carbocycles. The van der Waals surface area contributed by atoms with E-state index in [1.807, 2.05) is 24.3 Å². The second kappa shape index (κ2) is 7.54. The van der Waals surface area contributed by atoms with Crippen molar-refractivity contribution in [2.75, 3.05) is 31.2 Å². The first-order valence-corrected chi connectivity index (χ1v) is 9.01. The van der Waals surface area contributed by atoms with Gasteiger partial charge < -0.3 is 9.64 Å². The van der Waals surface area contributed by atoms with Crippen LogP contribution in [0.2, 0.25) is 0 Å². The number of nitrogens with zero attached hydrogens (tertiary/aromatic N) is 5. The van der Waals surface area contributed by atoms with Crippen LogP contribution in [0.4, 0.5) is 5.13 Å². The molecule has 4 rings (SSSR count). The predicted molar refractivity (Wildman–Crippen MR) is 99.7 cm³/mol. The molecule has 1 aliphatic rings. The van der Waals surface area contributed by atoms with Crippen LogP contribution in [0.15, 0.2) is 40.9 Å². The van der Waals surface area contributed by atoms with Crippen molar-refractivity contribution in [3.05, 3.63) is 47.2 Å². The lowest BCUT2D eigenvalue weighted by molar-refractivity contribution is 0.0951. The van der Waals surface area contributed by atoms with Gasteiger partial charge in [-0.2, -0.15) is 5.10 Å². The second-order valence-corrected chi connectivity index (χ2v) is 6.43. The van der Waals surface area contributed by atoms with Crippen LogP contribution < -0.4 is 10.3 Å². The number of hydrazone groups is 1. The number of ether oxygens (including phenoxy) is 1. The summed E-state index contributed by atoms with van der Waals surface area (Å²) in [6.07, 6.45) is 3.07. The number of thiazole rings is 1. The number of morpholine rings is 1. The molecular formula is C17H16N6O2S. The molecule has 0 unspecified atom stereocenters. The Morgan fingerprint density at radius 2 is 2.04 bits per heavy atom. The first-order valence-electron chi connectivity index (χ1n) is 8.13. The van der Waals surface area contributed by atoms with E-state index >= 15 is 0 Å². The average molecular weight is 368 g/mol. The summed E-state index contributed by atoms with van der Waals surface area (Å²) in [6, 6.07) is 7.57. The van der Waals surface area contributed by atoms with Gasteiger partial charge >= 0.3 is 0 Å². The maximum absolute atomic E-state index is 12.2. The lowest BCUT2D eigenvalue weighted by Gasteiger charge is -2.25. The molecule has 2 aromatic heterocycles. The zero-order valence-electron chi connectivity index (χ0n) is 13.8. The summed E-state index contributed by atoms with van der Waals surface area (Å²) < 4.78 is 5.32. The molecule has 132 valence electrons. The summed E-state index contributed by atoms with van der Waals surface area (Å²) in [5.74, 6) is -0.356. The minimum absolute atomic E-state index is 0.346. The van der Waals surface area contributed by atoms with E-state index in [1.54, 1.807) is 11.6 Å². The monoisotopic (exact) mass is 368 g/mol. The van der Waals surface area contributed by atoms with Crippen LogP contribution in [0.1, 0.15) is 16.2 Å². The number of benzene rings is 1. The van der Waals surface area contributed by atoms with Crippen LogP contribution in [-0.4, -0.2) is 53.4 Å². The summed E-state index contributed by atoms with van der Waals surface area (Å²) in [4.78, 5) is 27.4. The Morgan fingerprint density at radius 1 is 1.23 bits per heavy atom. The Balaban J connectivity index is 1.39. The number of anilines is 1. The molecule has 8 nitrogen and oxygen atoms in total. The summed E-state index contributed by atoms with van der Waals surface area (Å²) in [5, 5.41) is 6.50. The fourth-order valence-electron chi connectivity index (χ4n) is 2.52. The number of hydrogen-bond acceptors (Lipinski definition) is 8. The Hall–Kier alpha value is -2.91. The van der Waals surface area contributed by atoms with Crippen LogP contribution in [0.5, 0.6) is 0 Å². The molecule has 1 aromatic carbocycles. The third kappa shape index (κ3) is 3.68. The van der Waals surface area contributed by atoms with Crippen molar-refractivity contribution in [1.29, 1.82) is 0 Å². The molecule has 26 heavy (non-hydrogen) atoms. The highest BCUT2D eigenvalue weighted by Crippen LogP contribution is 2.21. The van der Waals surface area contributed by atoms with Gasteiger partial charge in [-0.3, -0.25) is 9.78 Å². The molecule has 0 bridgehead atoms. The Labute approximate surface area is 153 Å². The van der Waals surface area contributed by atoms with Crippen LogP contribution >= 0.6 is 11.3 Å². The van der Waals surface area contributed by atoms with Gasteiger partial charge in [0.25, 0.3) is 5.91 Å². The summed E-state index contributed by atoms with van der Waals surface area (Å²) in [6.45, 7) is 2.93. The van der Waals surface area contributed by atoms with Gasteiger partial charge in [0, 0.05) is 18.5 Å². The SMILES string of the molecule is O=C(N/N=C\c1cnc2ccccc2n1)c1csc(N2CCOCC2)n1. The Bertz CT molecular complexity index is 951. The number of nitrogens with one attached hydrogen (secondary N) is 1. The molecule has 1 fully saturated rings. The fourth-order valence-corrected chi connectivity index (χ4v) is 3.38. The molecule has 0 spiro atoms. The number of carbonyl (C=O) groups excluding carboxylic acids is 1. The van der Waals surface area contributed by atoms with Crippen molar-refractivity contribution in [3.8, 4) is 0 Å². The summed E-state index contributed by atoms with van der Waals surface area (Å²) in [5.41, 5.74) is 4.97. The number of carbonyl (C=O) groups is 1. The van der Waals surface area contributed by atoms with Crippen molar-refractivity contribution in [2.24, 2.45) is 5.10 Å². The van der Waals surface area contributed by atoms with Gasteiger partial charge in [0.15, 0.2) is 5.13 Å². The molecule has 1 saturated heterocycles. The smallest absolute Gasteiger partial charge is 0.290 e. The molecule has 3 aromatic rings. The lowest BCUT2D eigenvalue weighted by atomic mass is 10.3. The van der Waals surface area contributed by atoms with E-state index in [4.69, 9.17) is 4.74 Å². The summed E-state index contributed by atoms with van der Waals surface area (Å²) >= 11 is 1.44. The number of amides is 1. The lowest BCUT2D eigenvalue weighted by Crippen LogP contribution is -2.36. The average Bonchev–Trinajstić information content (AvgIpc) is 3.19. The van der Waals surface area contributed by atoms with E-state index < -0.39 is 0 Å². The quantitative estimate of drug-likeness (QED) is 0.556. The van der Waals surface area contributed by atoms with Gasteiger partial charge in [-0.15, -0.1) is 11.3 Å². The van der Waals surface area contributed by atoms with E-state index in [2.05, 4.69) is 30.4 Å². The molecule has 0 atom stereocenters. The van der Waals surface area contributed by atoms with Crippen molar-refractivity contribution in [2.45, 2.75) is 0 Å². The molecule has 0 radical (unpaired) electrons. The standard InChI is InChI=1S/C17H16N6O2S/c24-16(15-11-26-17(21-15)23-5-7-25-8-6-23)22-19-10-12-9-18-13-3-1-2-4-14(13)20-12/h1-4,9-11H,5-8H2,(H,22,24)/b19-10-. The number of fused-ring (bicyclic) bond motifs is 1. The normalized spacial score (nSPS) is 14.8. The Kier molecular flexibility index (Phi) is 4.80. The number of aromatic nitrogens is 3. The van der Waals surface area contributed by atoms with Gasteiger partial charge in [-0.25, -0.2) is 15.4 Å². The zero-order valence-corrected chi connectivity index (χ0v) is 14.6. The molecule has 3 heterocycles. The molecule has 1 aliphatic heterocycles. The number of rotatable bonds is 4. The topological polar surface area (TPSA) is 92.6 Å². The highest BCUT2D eigenvalue weighted by atomic mass is 32.1. The fraction of sp³-hybridized carbons (Fsp3) is 0.235. The number of hydrogen-bond donors (Lipinski definition) is 1. The maximum atomic E-state index is 12.2. The highest BCUT2D eigenvalue weighted by molar-refractivity contribution is 7.13. The van der Waals surface area contributed by atoms with E-state index in [1.165, 1.54) is 17.6 Å². The van der Waals surface area contributed by atoms with Crippen molar-refractivity contribution in [3.63, 3.8) is 0 Å². The molecule has 1 N–H and O–H groups in total. The zero-order chi connectivity index (χ0) is 17.8. The highest BCUT2D eigenvalue weighted by Gasteiger charge is 2.17. The van der Waals surface area contributed by atoms with Crippen LogP contribution in [0, 0.1) is 0 Å². The minimum atomic E-state index is -0.356. The van der Waals surface area contributed by atoms with Crippen LogP contribution in [0.25, 0.3) is 11.0 Å². The van der Waals surface area contributed by atoms with Gasteiger partial charge in [-0.05, 0) is 12.1 Å².